The summed E-state index contributed by atoms with van der Waals surface area (Å²) in [5.74, 6) is 1.89. The van der Waals surface area contributed by atoms with E-state index in [1.165, 1.54) is 0 Å². The number of benzene rings is 1. The molecule has 0 aliphatic carbocycles. The Bertz CT molecular complexity index is 810. The van der Waals surface area contributed by atoms with Crippen molar-refractivity contribution < 1.29 is 4.79 Å². The first-order valence-electron chi connectivity index (χ1n) is 9.83. The predicted octanol–water partition coefficient (Wildman–Crippen LogP) is 3.47. The number of anilines is 2. The number of aliphatic imine (C=N–C) groups is 1. The Morgan fingerprint density at radius 1 is 1.13 bits per heavy atom. The molecule has 2 heterocycles. The highest BCUT2D eigenvalue weighted by Crippen LogP contribution is 2.14. The van der Waals surface area contributed by atoms with Crippen LogP contribution in [0.3, 0.4) is 0 Å². The maximum atomic E-state index is 12.1. The number of nitrogens with one attached hydrogen (secondary N) is 2. The van der Waals surface area contributed by atoms with E-state index in [-0.39, 0.29) is 29.9 Å². The molecule has 1 saturated heterocycles. The van der Waals surface area contributed by atoms with E-state index in [1.54, 1.807) is 31.3 Å². The van der Waals surface area contributed by atoms with Crippen LogP contribution in [0.4, 0.5) is 11.5 Å². The molecule has 0 unspecified atom stereocenters. The van der Waals surface area contributed by atoms with Gasteiger partial charge in [-0.2, -0.15) is 0 Å². The van der Waals surface area contributed by atoms with Gasteiger partial charge in [-0.15, -0.1) is 24.0 Å². The van der Waals surface area contributed by atoms with Gasteiger partial charge >= 0.3 is 0 Å². The number of hydrogen-bond donors (Lipinski definition) is 2. The van der Waals surface area contributed by atoms with E-state index in [9.17, 15) is 4.79 Å². The van der Waals surface area contributed by atoms with Crippen LogP contribution >= 0.6 is 35.6 Å². The molecule has 162 valence electrons. The van der Waals surface area contributed by atoms with Gasteiger partial charge in [-0.1, -0.05) is 17.7 Å². The van der Waals surface area contributed by atoms with Gasteiger partial charge in [-0.3, -0.25) is 9.79 Å². The van der Waals surface area contributed by atoms with E-state index in [0.29, 0.717) is 18.0 Å². The third-order valence-corrected chi connectivity index (χ3v) is 5.01. The molecule has 1 aliphatic rings. The topological polar surface area (TPSA) is 72.9 Å². The molecule has 1 fully saturated rings. The SMILES string of the molecule is CN=C(NCCCC(=O)Nc1ccc(Cl)cc1)N1CCN(c2ccccn2)CC1.I. The molecule has 0 saturated carbocycles. The maximum Gasteiger partial charge on any atom is 0.224 e. The number of aromatic nitrogens is 1. The van der Waals surface area contributed by atoms with E-state index in [0.717, 1.165) is 50.1 Å². The monoisotopic (exact) mass is 542 g/mol. The maximum absolute atomic E-state index is 12.1. The molecule has 1 aliphatic heterocycles. The number of piperazine rings is 1. The average Bonchev–Trinajstić information content (AvgIpc) is 2.76. The lowest BCUT2D eigenvalue weighted by Crippen LogP contribution is -2.52. The minimum Gasteiger partial charge on any atom is -0.356 e. The van der Waals surface area contributed by atoms with Crippen molar-refractivity contribution >= 4 is 58.9 Å². The molecule has 0 atom stereocenters. The first-order valence-corrected chi connectivity index (χ1v) is 10.2. The summed E-state index contributed by atoms with van der Waals surface area (Å²) in [6.45, 7) is 4.27. The number of carbonyl (C=O) groups excluding carboxylic acids is 1. The van der Waals surface area contributed by atoms with Crippen LogP contribution in [0.1, 0.15) is 12.8 Å². The highest BCUT2D eigenvalue weighted by Gasteiger charge is 2.20. The quantitative estimate of drug-likeness (QED) is 0.253. The summed E-state index contributed by atoms with van der Waals surface area (Å²) in [6.07, 6.45) is 3.00. The van der Waals surface area contributed by atoms with Crippen molar-refractivity contribution in [1.82, 2.24) is 15.2 Å². The minimum absolute atomic E-state index is 0. The van der Waals surface area contributed by atoms with Crippen molar-refractivity contribution in [2.75, 3.05) is 50.0 Å². The van der Waals surface area contributed by atoms with Crippen LogP contribution in [-0.2, 0) is 4.79 Å². The van der Waals surface area contributed by atoms with Crippen LogP contribution in [0.5, 0.6) is 0 Å². The molecule has 30 heavy (non-hydrogen) atoms. The molecular weight excluding hydrogens is 515 g/mol. The van der Waals surface area contributed by atoms with E-state index < -0.39 is 0 Å². The molecule has 7 nitrogen and oxygen atoms in total. The smallest absolute Gasteiger partial charge is 0.224 e. The number of rotatable bonds is 6. The Morgan fingerprint density at radius 2 is 1.87 bits per heavy atom. The molecule has 2 N–H and O–H groups in total. The van der Waals surface area contributed by atoms with E-state index in [2.05, 4.69) is 30.4 Å². The van der Waals surface area contributed by atoms with Crippen LogP contribution in [0.15, 0.2) is 53.7 Å². The Labute approximate surface area is 199 Å². The van der Waals surface area contributed by atoms with Gasteiger partial charge in [0.25, 0.3) is 0 Å². The second kappa shape index (κ2) is 12.6. The van der Waals surface area contributed by atoms with Crippen LogP contribution in [0.25, 0.3) is 0 Å². The van der Waals surface area contributed by atoms with Gasteiger partial charge in [-0.25, -0.2) is 4.98 Å². The fourth-order valence-corrected chi connectivity index (χ4v) is 3.35. The number of pyridine rings is 1. The molecule has 0 bridgehead atoms. The second-order valence-corrected chi connectivity index (χ2v) is 7.23. The molecule has 9 heteroatoms. The third kappa shape index (κ3) is 7.32. The number of guanidine groups is 1. The van der Waals surface area contributed by atoms with Crippen molar-refractivity contribution in [1.29, 1.82) is 0 Å². The Hall–Kier alpha value is -2.07. The van der Waals surface area contributed by atoms with Gasteiger partial charge in [0.1, 0.15) is 5.82 Å². The van der Waals surface area contributed by atoms with Gasteiger partial charge in [0, 0.05) is 63.1 Å². The van der Waals surface area contributed by atoms with Crippen LogP contribution < -0.4 is 15.5 Å². The Morgan fingerprint density at radius 3 is 2.50 bits per heavy atom. The summed E-state index contributed by atoms with van der Waals surface area (Å²) in [4.78, 5) is 25.4. The summed E-state index contributed by atoms with van der Waals surface area (Å²) < 4.78 is 0. The summed E-state index contributed by atoms with van der Waals surface area (Å²) in [6, 6.07) is 13.1. The lowest BCUT2D eigenvalue weighted by Gasteiger charge is -2.37. The number of carbonyl (C=O) groups is 1. The largest absolute Gasteiger partial charge is 0.356 e. The van der Waals surface area contributed by atoms with Gasteiger partial charge in [0.05, 0.1) is 0 Å². The fraction of sp³-hybridized carbons (Fsp3) is 0.381. The van der Waals surface area contributed by atoms with Crippen molar-refractivity contribution in [2.24, 2.45) is 4.99 Å². The van der Waals surface area contributed by atoms with Crippen molar-refractivity contribution in [3.63, 3.8) is 0 Å². The molecule has 1 aromatic carbocycles. The fourth-order valence-electron chi connectivity index (χ4n) is 3.23. The zero-order chi connectivity index (χ0) is 20.5. The number of hydrogen-bond acceptors (Lipinski definition) is 4. The van der Waals surface area contributed by atoms with Crippen molar-refractivity contribution in [3.05, 3.63) is 53.7 Å². The Kier molecular flexibility index (Phi) is 10.2. The summed E-state index contributed by atoms with van der Waals surface area (Å²) in [5, 5.41) is 6.89. The van der Waals surface area contributed by atoms with Gasteiger partial charge in [-0.05, 0) is 42.8 Å². The molecule has 0 spiro atoms. The van der Waals surface area contributed by atoms with Crippen LogP contribution in [-0.4, -0.2) is 61.5 Å². The molecule has 2 aromatic rings. The number of halogens is 2. The highest BCUT2D eigenvalue weighted by molar-refractivity contribution is 14.0. The van der Waals surface area contributed by atoms with Crippen LogP contribution in [0.2, 0.25) is 5.02 Å². The van der Waals surface area contributed by atoms with E-state index in [1.807, 2.05) is 24.4 Å². The first kappa shape index (κ1) is 24.2. The van der Waals surface area contributed by atoms with Crippen molar-refractivity contribution in [3.8, 4) is 0 Å². The second-order valence-electron chi connectivity index (χ2n) is 6.79. The standard InChI is InChI=1S/C21H27ClN6O.HI/c1-23-21(28-15-13-27(14-16-28)19-5-2-3-11-24-19)25-12-4-6-20(29)26-18-9-7-17(22)8-10-18;/h2-3,5,7-11H,4,6,12-16H2,1H3,(H,23,25)(H,26,29);1H. The molecule has 0 radical (unpaired) electrons. The van der Waals surface area contributed by atoms with Crippen molar-refractivity contribution in [2.45, 2.75) is 12.8 Å². The average molecular weight is 543 g/mol. The third-order valence-electron chi connectivity index (χ3n) is 4.76. The van der Waals surface area contributed by atoms with Crippen LogP contribution in [0, 0.1) is 0 Å². The summed E-state index contributed by atoms with van der Waals surface area (Å²) in [7, 11) is 1.79. The zero-order valence-corrected chi connectivity index (χ0v) is 20.1. The normalized spacial score (nSPS) is 14.1. The molecule has 1 aromatic heterocycles. The zero-order valence-electron chi connectivity index (χ0n) is 17.1. The predicted molar refractivity (Wildman–Crippen MR) is 134 cm³/mol. The van der Waals surface area contributed by atoms with E-state index in [4.69, 9.17) is 11.6 Å². The summed E-state index contributed by atoms with van der Waals surface area (Å²) >= 11 is 5.86. The molecule has 1 amide bonds. The van der Waals surface area contributed by atoms with Gasteiger partial charge in [0.2, 0.25) is 5.91 Å². The van der Waals surface area contributed by atoms with Gasteiger partial charge < -0.3 is 20.4 Å². The molecule has 3 rings (SSSR count). The Balaban J connectivity index is 0.00000320. The van der Waals surface area contributed by atoms with Gasteiger partial charge in [0.15, 0.2) is 5.96 Å². The highest BCUT2D eigenvalue weighted by atomic mass is 127. The number of amides is 1. The first-order chi connectivity index (χ1) is 14.2. The van der Waals surface area contributed by atoms with E-state index >= 15 is 0 Å². The number of nitrogens with zero attached hydrogens (tertiary/aromatic N) is 4. The molecular formula is C21H28ClIN6O. The summed E-state index contributed by atoms with van der Waals surface area (Å²) in [5.41, 5.74) is 0.758. The lowest BCUT2D eigenvalue weighted by molar-refractivity contribution is -0.116. The minimum atomic E-state index is -0.00640. The lowest BCUT2D eigenvalue weighted by atomic mass is 10.2.